The molecule has 0 saturated carbocycles. The lowest BCUT2D eigenvalue weighted by Gasteiger charge is -2.18. The Labute approximate surface area is 171 Å². The van der Waals surface area contributed by atoms with Crippen LogP contribution < -0.4 is 10.6 Å². The van der Waals surface area contributed by atoms with Gasteiger partial charge in [-0.2, -0.15) is 5.10 Å². The highest BCUT2D eigenvalue weighted by Crippen LogP contribution is 2.23. The molecule has 0 radical (unpaired) electrons. The molecular formula is C23H27N5O. The molecule has 1 aliphatic heterocycles. The minimum Gasteiger partial charge on any atom is -0.380 e. The van der Waals surface area contributed by atoms with Gasteiger partial charge in [-0.1, -0.05) is 43.3 Å². The number of para-hydroxylation sites is 2. The monoisotopic (exact) mass is 389 g/mol. The lowest BCUT2D eigenvalue weighted by atomic mass is 10.2. The van der Waals surface area contributed by atoms with Gasteiger partial charge in [0.05, 0.1) is 23.3 Å². The van der Waals surface area contributed by atoms with Crippen molar-refractivity contribution in [2.24, 2.45) is 0 Å². The van der Waals surface area contributed by atoms with Crippen LogP contribution in [0.25, 0.3) is 5.69 Å². The van der Waals surface area contributed by atoms with Crippen molar-refractivity contribution in [2.45, 2.75) is 32.7 Å². The van der Waals surface area contributed by atoms with Crippen molar-refractivity contribution < 1.29 is 4.79 Å². The molecule has 0 spiro atoms. The zero-order valence-electron chi connectivity index (χ0n) is 16.9. The van der Waals surface area contributed by atoms with Crippen LogP contribution in [0.15, 0.2) is 60.8 Å². The van der Waals surface area contributed by atoms with Gasteiger partial charge in [-0.25, -0.2) is 9.48 Å². The topological polar surface area (TPSA) is 62.2 Å². The van der Waals surface area contributed by atoms with Crippen LogP contribution in [0, 0.1) is 6.92 Å². The third-order valence-electron chi connectivity index (χ3n) is 5.41. The number of hydrogen-bond acceptors (Lipinski definition) is 3. The zero-order chi connectivity index (χ0) is 20.2. The molecule has 1 aromatic heterocycles. The van der Waals surface area contributed by atoms with Gasteiger partial charge in [0, 0.05) is 24.8 Å². The molecule has 6 nitrogen and oxygen atoms in total. The van der Waals surface area contributed by atoms with Crippen molar-refractivity contribution >= 4 is 17.4 Å². The molecule has 2 aromatic carbocycles. The van der Waals surface area contributed by atoms with E-state index in [1.807, 2.05) is 46.0 Å². The fourth-order valence-corrected chi connectivity index (χ4v) is 3.85. The Hall–Kier alpha value is -3.28. The molecule has 1 aliphatic rings. The Morgan fingerprint density at radius 1 is 1.14 bits per heavy atom. The van der Waals surface area contributed by atoms with Crippen LogP contribution >= 0.6 is 0 Å². The first kappa shape index (κ1) is 19.1. The molecular weight excluding hydrogens is 362 g/mol. The third kappa shape index (κ3) is 4.11. The summed E-state index contributed by atoms with van der Waals surface area (Å²) in [6, 6.07) is 18.5. The van der Waals surface area contributed by atoms with Crippen LogP contribution in [-0.2, 0) is 6.42 Å². The van der Waals surface area contributed by atoms with Gasteiger partial charge in [0.15, 0.2) is 0 Å². The second-order valence-electron chi connectivity index (χ2n) is 7.43. The number of rotatable bonds is 5. The molecule has 2 heterocycles. The summed E-state index contributed by atoms with van der Waals surface area (Å²) in [5, 5.41) is 11.1. The van der Waals surface area contributed by atoms with Crippen molar-refractivity contribution in [3.8, 4) is 5.69 Å². The van der Waals surface area contributed by atoms with Gasteiger partial charge in [0.25, 0.3) is 0 Å². The average Bonchev–Trinajstić information content (AvgIpc) is 3.36. The Balaban J connectivity index is 1.43. The second-order valence-corrected chi connectivity index (χ2v) is 7.43. The maximum Gasteiger partial charge on any atom is 0.322 e. The third-order valence-corrected chi connectivity index (χ3v) is 5.41. The summed E-state index contributed by atoms with van der Waals surface area (Å²) >= 11 is 0. The normalized spacial score (nSPS) is 16.1. The van der Waals surface area contributed by atoms with Crippen molar-refractivity contribution in [1.29, 1.82) is 0 Å². The number of carbonyl (C=O) groups excluding carboxylic acids is 1. The first-order valence-electron chi connectivity index (χ1n) is 10.2. The smallest absolute Gasteiger partial charge is 0.322 e. The standard InChI is InChI=1S/C23H27N5O/c1-3-21-20(15-24-28(21)22-12-8-7-9-17(22)2)26-23(29)27-14-13-19(16-27)25-18-10-5-4-6-11-18/h4-12,15,19,25H,3,13-14,16H2,1-2H3,(H,26,29). The number of benzene rings is 2. The summed E-state index contributed by atoms with van der Waals surface area (Å²) in [6.07, 6.45) is 3.46. The Kier molecular flexibility index (Phi) is 5.51. The predicted octanol–water partition coefficient (Wildman–Crippen LogP) is 4.46. The number of anilines is 2. The SMILES string of the molecule is CCc1c(NC(=O)N2CCC(Nc3ccccc3)C2)cnn1-c1ccccc1C. The largest absolute Gasteiger partial charge is 0.380 e. The number of likely N-dealkylation sites (tertiary alicyclic amines) is 1. The molecule has 3 aromatic rings. The fourth-order valence-electron chi connectivity index (χ4n) is 3.85. The van der Waals surface area contributed by atoms with Crippen molar-refractivity contribution in [3.05, 3.63) is 72.1 Å². The molecule has 0 bridgehead atoms. The van der Waals surface area contributed by atoms with E-state index in [9.17, 15) is 4.79 Å². The van der Waals surface area contributed by atoms with E-state index in [1.165, 1.54) is 0 Å². The number of nitrogens with zero attached hydrogens (tertiary/aromatic N) is 3. The molecule has 1 saturated heterocycles. The molecule has 0 aliphatic carbocycles. The van der Waals surface area contributed by atoms with E-state index in [1.54, 1.807) is 6.20 Å². The highest BCUT2D eigenvalue weighted by atomic mass is 16.2. The second kappa shape index (κ2) is 8.39. The summed E-state index contributed by atoms with van der Waals surface area (Å²) in [4.78, 5) is 14.7. The molecule has 1 fully saturated rings. The highest BCUT2D eigenvalue weighted by Gasteiger charge is 2.27. The van der Waals surface area contributed by atoms with Gasteiger partial charge in [0.2, 0.25) is 0 Å². The zero-order valence-corrected chi connectivity index (χ0v) is 16.9. The first-order chi connectivity index (χ1) is 14.2. The molecule has 2 N–H and O–H groups in total. The van der Waals surface area contributed by atoms with Crippen LogP contribution in [0.2, 0.25) is 0 Å². The molecule has 29 heavy (non-hydrogen) atoms. The average molecular weight is 390 g/mol. The molecule has 2 amide bonds. The number of nitrogens with one attached hydrogen (secondary N) is 2. The Morgan fingerprint density at radius 2 is 1.90 bits per heavy atom. The van der Waals surface area contributed by atoms with E-state index < -0.39 is 0 Å². The fraction of sp³-hybridized carbons (Fsp3) is 0.304. The summed E-state index contributed by atoms with van der Waals surface area (Å²) in [7, 11) is 0. The minimum atomic E-state index is -0.0682. The van der Waals surface area contributed by atoms with E-state index in [4.69, 9.17) is 0 Å². The molecule has 4 rings (SSSR count). The van der Waals surface area contributed by atoms with Gasteiger partial charge < -0.3 is 15.5 Å². The minimum absolute atomic E-state index is 0.0682. The Bertz CT molecular complexity index is 982. The number of amides is 2. The number of hydrogen-bond donors (Lipinski definition) is 2. The first-order valence-corrected chi connectivity index (χ1v) is 10.2. The van der Waals surface area contributed by atoms with E-state index in [0.29, 0.717) is 6.54 Å². The van der Waals surface area contributed by atoms with E-state index >= 15 is 0 Å². The number of carbonyl (C=O) groups is 1. The lowest BCUT2D eigenvalue weighted by molar-refractivity contribution is 0.222. The molecule has 150 valence electrons. The summed E-state index contributed by atoms with van der Waals surface area (Å²) < 4.78 is 1.93. The van der Waals surface area contributed by atoms with Gasteiger partial charge in [-0.05, 0) is 43.5 Å². The van der Waals surface area contributed by atoms with Crippen molar-refractivity contribution in [3.63, 3.8) is 0 Å². The quantitative estimate of drug-likeness (QED) is 0.677. The van der Waals surface area contributed by atoms with E-state index in [2.05, 4.69) is 47.8 Å². The van der Waals surface area contributed by atoms with Crippen LogP contribution in [0.4, 0.5) is 16.2 Å². The van der Waals surface area contributed by atoms with E-state index in [0.717, 1.165) is 47.7 Å². The maximum absolute atomic E-state index is 12.8. The maximum atomic E-state index is 12.8. The van der Waals surface area contributed by atoms with Crippen molar-refractivity contribution in [1.82, 2.24) is 14.7 Å². The number of urea groups is 1. The molecule has 1 atom stereocenters. The number of aryl methyl sites for hydroxylation is 1. The van der Waals surface area contributed by atoms with Gasteiger partial charge in [-0.15, -0.1) is 0 Å². The van der Waals surface area contributed by atoms with Crippen LogP contribution in [0.3, 0.4) is 0 Å². The molecule has 1 unspecified atom stereocenters. The summed E-state index contributed by atoms with van der Waals surface area (Å²) in [5.74, 6) is 0. The van der Waals surface area contributed by atoms with Crippen LogP contribution in [-0.4, -0.2) is 39.8 Å². The molecule has 6 heteroatoms. The number of aromatic nitrogens is 2. The van der Waals surface area contributed by atoms with Crippen LogP contribution in [0.1, 0.15) is 24.6 Å². The lowest BCUT2D eigenvalue weighted by Crippen LogP contribution is -2.35. The highest BCUT2D eigenvalue weighted by molar-refractivity contribution is 5.90. The van der Waals surface area contributed by atoms with Crippen LogP contribution in [0.5, 0.6) is 0 Å². The van der Waals surface area contributed by atoms with E-state index in [-0.39, 0.29) is 12.1 Å². The van der Waals surface area contributed by atoms with Crippen molar-refractivity contribution in [2.75, 3.05) is 23.7 Å². The van der Waals surface area contributed by atoms with Gasteiger partial charge in [-0.3, -0.25) is 0 Å². The van der Waals surface area contributed by atoms with Gasteiger partial charge >= 0.3 is 6.03 Å². The Morgan fingerprint density at radius 3 is 2.66 bits per heavy atom. The summed E-state index contributed by atoms with van der Waals surface area (Å²) in [5.41, 5.74) is 5.06. The summed E-state index contributed by atoms with van der Waals surface area (Å²) in [6.45, 7) is 5.58. The van der Waals surface area contributed by atoms with Gasteiger partial charge in [0.1, 0.15) is 0 Å². The predicted molar refractivity (Wildman–Crippen MR) is 117 cm³/mol.